The Hall–Kier alpha value is -1.12. The van der Waals surface area contributed by atoms with Gasteiger partial charge in [-0.05, 0) is 39.2 Å². The molecule has 0 unspecified atom stereocenters. The van der Waals surface area contributed by atoms with E-state index in [1.807, 2.05) is 13.8 Å². The van der Waals surface area contributed by atoms with Crippen molar-refractivity contribution >= 4 is 5.95 Å². The third-order valence-corrected chi connectivity index (χ3v) is 2.54. The van der Waals surface area contributed by atoms with Crippen molar-refractivity contribution in [1.29, 1.82) is 0 Å². The Bertz CT molecular complexity index is 306. The molecule has 1 aromatic heterocycles. The van der Waals surface area contributed by atoms with Crippen molar-refractivity contribution in [3.8, 4) is 0 Å². The Labute approximate surface area is 78.6 Å². The largest absolute Gasteiger partial charge is 0.351 e. The summed E-state index contributed by atoms with van der Waals surface area (Å²) in [6.45, 7) is 6.12. The van der Waals surface area contributed by atoms with Gasteiger partial charge in [0.25, 0.3) is 0 Å². The molecule has 1 N–H and O–H groups in total. The molecule has 1 fully saturated rings. The molecule has 1 saturated carbocycles. The molecule has 0 atom stereocenters. The number of aromatic nitrogens is 2. The molecule has 3 nitrogen and oxygen atoms in total. The maximum Gasteiger partial charge on any atom is 0.223 e. The van der Waals surface area contributed by atoms with Gasteiger partial charge < -0.3 is 5.32 Å². The van der Waals surface area contributed by atoms with Gasteiger partial charge in [-0.15, -0.1) is 0 Å². The number of rotatable bonds is 2. The van der Waals surface area contributed by atoms with Crippen LogP contribution in [0.3, 0.4) is 0 Å². The molecular formula is C10H15N3. The van der Waals surface area contributed by atoms with Crippen LogP contribution in [-0.2, 0) is 0 Å². The fraction of sp³-hybridized carbons (Fsp3) is 0.600. The molecule has 0 aromatic carbocycles. The highest BCUT2D eigenvalue weighted by Gasteiger charge is 2.22. The first-order chi connectivity index (χ1) is 6.16. The second kappa shape index (κ2) is 2.98. The summed E-state index contributed by atoms with van der Waals surface area (Å²) in [4.78, 5) is 8.78. The van der Waals surface area contributed by atoms with Crippen LogP contribution in [0.5, 0.6) is 0 Å². The van der Waals surface area contributed by atoms with Crippen molar-refractivity contribution in [2.75, 3.05) is 5.32 Å². The molecule has 0 bridgehead atoms. The standard InChI is InChI=1S/C10H15N3/c1-6-7(2)11-10(12-8(6)3)13-9-4-5-9/h9H,4-5H2,1-3H3,(H,11,12,13). The maximum absolute atomic E-state index is 4.39. The molecule has 2 rings (SSSR count). The Balaban J connectivity index is 2.25. The predicted octanol–water partition coefficient (Wildman–Crippen LogP) is 1.98. The number of hydrogen-bond donors (Lipinski definition) is 1. The van der Waals surface area contributed by atoms with Gasteiger partial charge in [0.2, 0.25) is 5.95 Å². The zero-order valence-electron chi connectivity index (χ0n) is 8.39. The van der Waals surface area contributed by atoms with E-state index >= 15 is 0 Å². The van der Waals surface area contributed by atoms with Crippen molar-refractivity contribution in [3.63, 3.8) is 0 Å². The van der Waals surface area contributed by atoms with Crippen molar-refractivity contribution in [1.82, 2.24) is 9.97 Å². The third-order valence-electron chi connectivity index (χ3n) is 2.54. The second-order valence-electron chi connectivity index (χ2n) is 3.76. The van der Waals surface area contributed by atoms with Gasteiger partial charge in [0.05, 0.1) is 0 Å². The highest BCUT2D eigenvalue weighted by Crippen LogP contribution is 2.23. The third kappa shape index (κ3) is 1.79. The van der Waals surface area contributed by atoms with Crippen molar-refractivity contribution in [2.45, 2.75) is 39.7 Å². The van der Waals surface area contributed by atoms with Gasteiger partial charge in [-0.25, -0.2) is 9.97 Å². The molecule has 1 aromatic rings. The van der Waals surface area contributed by atoms with E-state index in [0.29, 0.717) is 6.04 Å². The normalized spacial score (nSPS) is 15.9. The quantitative estimate of drug-likeness (QED) is 0.750. The van der Waals surface area contributed by atoms with Crippen molar-refractivity contribution < 1.29 is 0 Å². The molecule has 0 amide bonds. The Kier molecular flexibility index (Phi) is 1.94. The van der Waals surface area contributed by atoms with Crippen LogP contribution < -0.4 is 5.32 Å². The molecule has 13 heavy (non-hydrogen) atoms. The molecule has 1 aliphatic carbocycles. The Morgan fingerprint density at radius 1 is 1.08 bits per heavy atom. The Morgan fingerprint density at radius 3 is 2.08 bits per heavy atom. The summed E-state index contributed by atoms with van der Waals surface area (Å²) in [5.74, 6) is 0.795. The molecule has 3 heteroatoms. The van der Waals surface area contributed by atoms with Crippen LogP contribution in [0.25, 0.3) is 0 Å². The summed E-state index contributed by atoms with van der Waals surface area (Å²) in [6, 6.07) is 0.626. The highest BCUT2D eigenvalue weighted by atomic mass is 15.1. The highest BCUT2D eigenvalue weighted by molar-refractivity contribution is 5.34. The van der Waals surface area contributed by atoms with Gasteiger partial charge >= 0.3 is 0 Å². The average molecular weight is 177 g/mol. The molecular weight excluding hydrogens is 162 g/mol. The van der Waals surface area contributed by atoms with E-state index in [-0.39, 0.29) is 0 Å². The minimum absolute atomic E-state index is 0.626. The summed E-state index contributed by atoms with van der Waals surface area (Å²) >= 11 is 0. The van der Waals surface area contributed by atoms with E-state index in [2.05, 4.69) is 22.2 Å². The van der Waals surface area contributed by atoms with E-state index in [0.717, 1.165) is 17.3 Å². The van der Waals surface area contributed by atoms with Crippen LogP contribution >= 0.6 is 0 Å². The first-order valence-electron chi connectivity index (χ1n) is 4.75. The second-order valence-corrected chi connectivity index (χ2v) is 3.76. The number of nitrogens with zero attached hydrogens (tertiary/aromatic N) is 2. The van der Waals surface area contributed by atoms with E-state index < -0.39 is 0 Å². The number of aryl methyl sites for hydroxylation is 2. The smallest absolute Gasteiger partial charge is 0.223 e. The lowest BCUT2D eigenvalue weighted by Gasteiger charge is -2.07. The SMILES string of the molecule is Cc1nc(NC2CC2)nc(C)c1C. The molecule has 1 heterocycles. The van der Waals surface area contributed by atoms with Crippen LogP contribution in [0.15, 0.2) is 0 Å². The van der Waals surface area contributed by atoms with Gasteiger partial charge in [0, 0.05) is 17.4 Å². The fourth-order valence-electron chi connectivity index (χ4n) is 1.25. The molecule has 0 saturated heterocycles. The van der Waals surface area contributed by atoms with Crippen LogP contribution in [0.1, 0.15) is 29.8 Å². The first-order valence-corrected chi connectivity index (χ1v) is 4.75. The summed E-state index contributed by atoms with van der Waals surface area (Å²) in [5.41, 5.74) is 3.35. The zero-order valence-corrected chi connectivity index (χ0v) is 8.39. The van der Waals surface area contributed by atoms with Crippen LogP contribution in [0.2, 0.25) is 0 Å². The monoisotopic (exact) mass is 177 g/mol. The van der Waals surface area contributed by atoms with Gasteiger partial charge in [0.15, 0.2) is 0 Å². The topological polar surface area (TPSA) is 37.8 Å². The van der Waals surface area contributed by atoms with Crippen LogP contribution in [0, 0.1) is 20.8 Å². The minimum Gasteiger partial charge on any atom is -0.351 e. The van der Waals surface area contributed by atoms with Gasteiger partial charge in [-0.2, -0.15) is 0 Å². The molecule has 1 aliphatic rings. The fourth-order valence-corrected chi connectivity index (χ4v) is 1.25. The Morgan fingerprint density at radius 2 is 1.62 bits per heavy atom. The van der Waals surface area contributed by atoms with Gasteiger partial charge in [-0.1, -0.05) is 0 Å². The van der Waals surface area contributed by atoms with Gasteiger partial charge in [-0.3, -0.25) is 0 Å². The number of hydrogen-bond acceptors (Lipinski definition) is 3. The number of nitrogens with one attached hydrogen (secondary N) is 1. The summed E-state index contributed by atoms with van der Waals surface area (Å²) < 4.78 is 0. The van der Waals surface area contributed by atoms with E-state index in [4.69, 9.17) is 0 Å². The zero-order chi connectivity index (χ0) is 9.42. The lowest BCUT2D eigenvalue weighted by Crippen LogP contribution is -2.08. The lowest BCUT2D eigenvalue weighted by molar-refractivity contribution is 0.978. The van der Waals surface area contributed by atoms with Gasteiger partial charge in [0.1, 0.15) is 0 Å². The van der Waals surface area contributed by atoms with Crippen LogP contribution in [-0.4, -0.2) is 16.0 Å². The molecule has 70 valence electrons. The molecule has 0 spiro atoms. The molecule has 0 aliphatic heterocycles. The lowest BCUT2D eigenvalue weighted by atomic mass is 10.2. The summed E-state index contributed by atoms with van der Waals surface area (Å²) in [5, 5.41) is 3.30. The van der Waals surface area contributed by atoms with E-state index in [1.165, 1.54) is 18.4 Å². The van der Waals surface area contributed by atoms with E-state index in [9.17, 15) is 0 Å². The summed E-state index contributed by atoms with van der Waals surface area (Å²) in [6.07, 6.45) is 2.52. The van der Waals surface area contributed by atoms with Crippen LogP contribution in [0.4, 0.5) is 5.95 Å². The summed E-state index contributed by atoms with van der Waals surface area (Å²) in [7, 11) is 0. The first kappa shape index (κ1) is 8.48. The van der Waals surface area contributed by atoms with E-state index in [1.54, 1.807) is 0 Å². The minimum atomic E-state index is 0.626. The average Bonchev–Trinajstić information content (AvgIpc) is 2.84. The van der Waals surface area contributed by atoms with Crippen molar-refractivity contribution in [2.24, 2.45) is 0 Å². The predicted molar refractivity (Wildman–Crippen MR) is 52.9 cm³/mol. The maximum atomic E-state index is 4.39. The molecule has 0 radical (unpaired) electrons. The van der Waals surface area contributed by atoms with Crippen molar-refractivity contribution in [3.05, 3.63) is 17.0 Å². The number of anilines is 1.